The minimum atomic E-state index is -0.635. The highest BCUT2D eigenvalue weighted by Gasteiger charge is 2.37. The molecule has 0 unspecified atom stereocenters. The van der Waals surface area contributed by atoms with Gasteiger partial charge in [0.2, 0.25) is 5.91 Å². The molecule has 8 nitrogen and oxygen atoms in total. The number of nitrogens with zero attached hydrogens (tertiary/aromatic N) is 1. The van der Waals surface area contributed by atoms with Gasteiger partial charge in [0, 0.05) is 18.3 Å². The van der Waals surface area contributed by atoms with Crippen molar-refractivity contribution in [3.05, 3.63) is 36.4 Å². The topological polar surface area (TPSA) is 89.1 Å². The van der Waals surface area contributed by atoms with E-state index in [-0.39, 0.29) is 5.91 Å². The number of nitrogens with one attached hydrogen (secondary N) is 2. The lowest BCUT2D eigenvalue weighted by molar-refractivity contribution is -0.127. The predicted octanol–water partition coefficient (Wildman–Crippen LogP) is 4.51. The average Bonchev–Trinajstić information content (AvgIpc) is 2.84. The molecule has 31 heavy (non-hydrogen) atoms. The fourth-order valence-electron chi connectivity index (χ4n) is 3.35. The molecule has 3 amide bonds. The number of urea groups is 1. The van der Waals surface area contributed by atoms with Crippen molar-refractivity contribution < 1.29 is 23.8 Å². The molecule has 0 bridgehead atoms. The Bertz CT molecular complexity index is 974. The molecule has 1 aliphatic rings. The molecule has 3 rings (SSSR count). The molecule has 0 fully saturated rings. The molecule has 1 heterocycles. The van der Waals surface area contributed by atoms with Crippen LogP contribution in [0.3, 0.4) is 0 Å². The van der Waals surface area contributed by atoms with Gasteiger partial charge < -0.3 is 29.7 Å². The van der Waals surface area contributed by atoms with E-state index in [1.165, 1.54) is 7.11 Å². The molecule has 2 aromatic carbocycles. The summed E-state index contributed by atoms with van der Waals surface area (Å²) in [6.45, 7) is 6.63. The van der Waals surface area contributed by atoms with Crippen LogP contribution in [0.25, 0.3) is 0 Å². The second-order valence-electron chi connectivity index (χ2n) is 7.96. The van der Waals surface area contributed by atoms with Gasteiger partial charge in [-0.3, -0.25) is 4.79 Å². The van der Waals surface area contributed by atoms with Gasteiger partial charge in [0.1, 0.15) is 23.9 Å². The molecular weight excluding hydrogens is 398 g/mol. The maximum absolute atomic E-state index is 13.0. The predicted molar refractivity (Wildman–Crippen MR) is 121 cm³/mol. The van der Waals surface area contributed by atoms with Gasteiger partial charge in [-0.2, -0.15) is 0 Å². The van der Waals surface area contributed by atoms with E-state index in [0.717, 1.165) is 6.42 Å². The maximum Gasteiger partial charge on any atom is 0.323 e. The molecule has 8 heteroatoms. The second-order valence-corrected chi connectivity index (χ2v) is 7.96. The zero-order valence-electron chi connectivity index (χ0n) is 18.6. The summed E-state index contributed by atoms with van der Waals surface area (Å²) >= 11 is 0. The number of anilines is 3. The Morgan fingerprint density at radius 1 is 1.13 bits per heavy atom. The normalized spacial score (nSPS) is 14.7. The number of rotatable bonds is 6. The lowest BCUT2D eigenvalue weighted by atomic mass is 9.93. The highest BCUT2D eigenvalue weighted by Crippen LogP contribution is 2.38. The third kappa shape index (κ3) is 4.84. The number of fused-ring (bicyclic) bond motifs is 1. The molecule has 0 radical (unpaired) electrons. The Hall–Kier alpha value is -3.42. The van der Waals surface area contributed by atoms with Crippen molar-refractivity contribution >= 4 is 29.0 Å². The van der Waals surface area contributed by atoms with Crippen molar-refractivity contribution in [1.29, 1.82) is 0 Å². The fraction of sp³-hybridized carbons (Fsp3) is 0.391. The van der Waals surface area contributed by atoms with E-state index in [1.807, 2.05) is 20.8 Å². The zero-order chi connectivity index (χ0) is 22.6. The molecule has 0 saturated heterocycles. The molecule has 0 aliphatic carbocycles. The van der Waals surface area contributed by atoms with Crippen LogP contribution in [-0.4, -0.2) is 39.3 Å². The monoisotopic (exact) mass is 427 g/mol. The summed E-state index contributed by atoms with van der Waals surface area (Å²) < 4.78 is 16.4. The molecule has 0 spiro atoms. The van der Waals surface area contributed by atoms with Gasteiger partial charge in [-0.05, 0) is 50.6 Å². The summed E-state index contributed by atoms with van der Waals surface area (Å²) in [5, 5.41) is 5.58. The fourth-order valence-corrected chi connectivity index (χ4v) is 3.35. The highest BCUT2D eigenvalue weighted by atomic mass is 16.5. The minimum absolute atomic E-state index is 0.00216. The summed E-state index contributed by atoms with van der Waals surface area (Å²) in [6.07, 6.45) is 0.802. The lowest BCUT2D eigenvalue weighted by Gasteiger charge is -2.27. The van der Waals surface area contributed by atoms with Gasteiger partial charge in [-0.15, -0.1) is 0 Å². The number of hydrogen-bond acceptors (Lipinski definition) is 5. The molecule has 0 aromatic heterocycles. The van der Waals surface area contributed by atoms with E-state index < -0.39 is 11.4 Å². The maximum atomic E-state index is 13.0. The molecule has 1 aliphatic heterocycles. The van der Waals surface area contributed by atoms with Crippen LogP contribution in [0.15, 0.2) is 36.4 Å². The summed E-state index contributed by atoms with van der Waals surface area (Å²) in [7, 11) is 3.08. The van der Waals surface area contributed by atoms with E-state index >= 15 is 0 Å². The van der Waals surface area contributed by atoms with E-state index in [4.69, 9.17) is 14.2 Å². The van der Waals surface area contributed by atoms with Crippen molar-refractivity contribution in [2.24, 2.45) is 5.41 Å². The van der Waals surface area contributed by atoms with Crippen molar-refractivity contribution in [2.75, 3.05) is 42.9 Å². The van der Waals surface area contributed by atoms with Crippen LogP contribution in [0.1, 0.15) is 27.2 Å². The Balaban J connectivity index is 1.82. The van der Waals surface area contributed by atoms with Gasteiger partial charge in [-0.1, -0.05) is 6.92 Å². The van der Waals surface area contributed by atoms with E-state index in [1.54, 1.807) is 48.4 Å². The number of amides is 3. The Morgan fingerprint density at radius 3 is 2.58 bits per heavy atom. The van der Waals surface area contributed by atoms with E-state index in [9.17, 15) is 9.59 Å². The van der Waals surface area contributed by atoms with E-state index in [2.05, 4.69) is 10.6 Å². The van der Waals surface area contributed by atoms with Crippen molar-refractivity contribution in [3.8, 4) is 17.2 Å². The quantitative estimate of drug-likeness (QED) is 0.708. The second kappa shape index (κ2) is 9.16. The van der Waals surface area contributed by atoms with Crippen LogP contribution in [0.5, 0.6) is 17.2 Å². The lowest BCUT2D eigenvalue weighted by Crippen LogP contribution is -2.42. The molecular formula is C23H29N3O5. The van der Waals surface area contributed by atoms with Crippen molar-refractivity contribution in [3.63, 3.8) is 0 Å². The summed E-state index contributed by atoms with van der Waals surface area (Å²) in [5.41, 5.74) is 1.06. The van der Waals surface area contributed by atoms with Crippen LogP contribution in [-0.2, 0) is 4.79 Å². The Labute approximate surface area is 182 Å². The highest BCUT2D eigenvalue weighted by molar-refractivity contribution is 6.03. The number of carbonyl (C=O) groups excluding carboxylic acids is 2. The van der Waals surface area contributed by atoms with Crippen LogP contribution in [0.2, 0.25) is 0 Å². The minimum Gasteiger partial charge on any atom is -0.497 e. The smallest absolute Gasteiger partial charge is 0.323 e. The number of carbonyl (C=O) groups is 2. The van der Waals surface area contributed by atoms with Gasteiger partial charge in [0.15, 0.2) is 0 Å². The molecule has 2 aromatic rings. The number of hydrogen-bond donors (Lipinski definition) is 2. The first-order valence-electron chi connectivity index (χ1n) is 10.2. The van der Waals surface area contributed by atoms with Crippen LogP contribution < -0.4 is 29.7 Å². The van der Waals surface area contributed by atoms with Crippen LogP contribution in [0, 0.1) is 5.41 Å². The molecule has 2 N–H and O–H groups in total. The standard InChI is InChI=1S/C23H29N3O5/c1-6-11-26-18-12-15(7-10-19(18)31-14-23(2,3)21(26)27)24-22(28)25-17-9-8-16(29-4)13-20(17)30-5/h7-10,12-13H,6,11,14H2,1-5H3,(H2,24,25,28). The largest absolute Gasteiger partial charge is 0.497 e. The summed E-state index contributed by atoms with van der Waals surface area (Å²) in [4.78, 5) is 27.4. The van der Waals surface area contributed by atoms with Gasteiger partial charge in [-0.25, -0.2) is 4.79 Å². The summed E-state index contributed by atoms with van der Waals surface area (Å²) in [6, 6.07) is 9.96. The first-order chi connectivity index (χ1) is 14.8. The summed E-state index contributed by atoms with van der Waals surface area (Å²) in [5.74, 6) is 1.72. The zero-order valence-corrected chi connectivity index (χ0v) is 18.6. The third-order valence-electron chi connectivity index (χ3n) is 5.02. The van der Waals surface area contributed by atoms with Crippen molar-refractivity contribution in [1.82, 2.24) is 0 Å². The Morgan fingerprint density at radius 2 is 1.90 bits per heavy atom. The van der Waals surface area contributed by atoms with Gasteiger partial charge in [0.05, 0.1) is 31.0 Å². The third-order valence-corrected chi connectivity index (χ3v) is 5.02. The Kier molecular flexibility index (Phi) is 6.58. The number of benzene rings is 2. The molecule has 166 valence electrons. The molecule has 0 saturated carbocycles. The van der Waals surface area contributed by atoms with E-state index in [0.29, 0.717) is 47.5 Å². The number of ether oxygens (including phenoxy) is 3. The first kappa shape index (κ1) is 22.3. The van der Waals surface area contributed by atoms with Crippen LogP contribution in [0.4, 0.5) is 21.9 Å². The SMILES string of the molecule is CCCN1C(=O)C(C)(C)COc2ccc(NC(=O)Nc3ccc(OC)cc3OC)cc21. The van der Waals surface area contributed by atoms with Crippen LogP contribution >= 0.6 is 0 Å². The van der Waals surface area contributed by atoms with Crippen molar-refractivity contribution in [2.45, 2.75) is 27.2 Å². The number of methoxy groups -OCH3 is 2. The van der Waals surface area contributed by atoms with Gasteiger partial charge in [0.25, 0.3) is 0 Å². The van der Waals surface area contributed by atoms with Gasteiger partial charge >= 0.3 is 6.03 Å². The first-order valence-corrected chi connectivity index (χ1v) is 10.2. The molecule has 0 atom stereocenters. The average molecular weight is 428 g/mol.